The van der Waals surface area contributed by atoms with Crippen molar-refractivity contribution in [3.8, 4) is 11.5 Å². The number of aryl methyl sites for hydroxylation is 2. The molecule has 6 heteroatoms. The molecule has 0 spiro atoms. The fourth-order valence-corrected chi connectivity index (χ4v) is 3.19. The van der Waals surface area contributed by atoms with E-state index in [0.717, 1.165) is 22.4 Å². The Morgan fingerprint density at radius 1 is 1.17 bits per heavy atom. The summed E-state index contributed by atoms with van der Waals surface area (Å²) < 4.78 is 13.0. The topological polar surface area (TPSA) is 53.3 Å². The lowest BCUT2D eigenvalue weighted by Gasteiger charge is -2.12. The van der Waals surface area contributed by atoms with Crippen molar-refractivity contribution in [1.29, 1.82) is 0 Å². The van der Waals surface area contributed by atoms with Crippen molar-refractivity contribution in [2.45, 2.75) is 20.5 Å². The molecular weight excluding hydrogens is 388 g/mol. The minimum absolute atomic E-state index is 0.0874. The van der Waals surface area contributed by atoms with Crippen LogP contribution in [0, 0.1) is 13.8 Å². The van der Waals surface area contributed by atoms with Crippen molar-refractivity contribution >= 4 is 23.5 Å². The van der Waals surface area contributed by atoms with Crippen LogP contribution in [-0.4, -0.2) is 22.7 Å². The number of benzene rings is 2. The third kappa shape index (κ3) is 4.87. The summed E-state index contributed by atoms with van der Waals surface area (Å²) in [5.41, 5.74) is 4.22. The van der Waals surface area contributed by atoms with Crippen LogP contribution in [0.3, 0.4) is 0 Å². The Labute approximate surface area is 175 Å². The van der Waals surface area contributed by atoms with Gasteiger partial charge in [-0.15, -0.1) is 0 Å². The number of carbonyl (C=O) groups excluding carboxylic acids is 1. The molecule has 1 aromatic heterocycles. The number of carbonyl (C=O) groups is 1. The molecule has 0 saturated carbocycles. The van der Waals surface area contributed by atoms with Crippen molar-refractivity contribution in [3.05, 3.63) is 81.6 Å². The van der Waals surface area contributed by atoms with E-state index < -0.39 is 0 Å². The second kappa shape index (κ2) is 8.97. The van der Waals surface area contributed by atoms with Gasteiger partial charge in [-0.3, -0.25) is 9.48 Å². The summed E-state index contributed by atoms with van der Waals surface area (Å²) in [5, 5.41) is 4.68. The first-order chi connectivity index (χ1) is 13.9. The molecule has 0 aliphatic heterocycles. The molecule has 0 amide bonds. The van der Waals surface area contributed by atoms with Crippen LogP contribution in [0.2, 0.25) is 5.02 Å². The first-order valence-electron chi connectivity index (χ1n) is 9.16. The fourth-order valence-electron chi connectivity index (χ4n) is 2.90. The van der Waals surface area contributed by atoms with E-state index in [1.807, 2.05) is 57.3 Å². The largest absolute Gasteiger partial charge is 0.496 e. The monoisotopic (exact) mass is 410 g/mol. The smallest absolute Gasteiger partial charge is 0.189 e. The van der Waals surface area contributed by atoms with Crippen LogP contribution in [0.4, 0.5) is 0 Å². The second-order valence-electron chi connectivity index (χ2n) is 6.76. The van der Waals surface area contributed by atoms with Gasteiger partial charge in [-0.1, -0.05) is 29.8 Å². The van der Waals surface area contributed by atoms with Gasteiger partial charge in [0.1, 0.15) is 18.1 Å². The van der Waals surface area contributed by atoms with Crippen LogP contribution in [0.5, 0.6) is 11.5 Å². The van der Waals surface area contributed by atoms with Crippen molar-refractivity contribution in [2.24, 2.45) is 7.05 Å². The number of nitrogens with zero attached hydrogens (tertiary/aromatic N) is 2. The number of hydrogen-bond donors (Lipinski definition) is 0. The van der Waals surface area contributed by atoms with Crippen LogP contribution in [0.25, 0.3) is 6.08 Å². The highest BCUT2D eigenvalue weighted by Gasteiger charge is 2.11. The van der Waals surface area contributed by atoms with Crippen LogP contribution in [-0.2, 0) is 13.7 Å². The Hall–Kier alpha value is -3.05. The molecular formula is C23H23ClN2O3. The average molecular weight is 411 g/mol. The van der Waals surface area contributed by atoms with E-state index in [1.54, 1.807) is 30.1 Å². The Kier molecular flexibility index (Phi) is 6.39. The molecule has 0 fully saturated rings. The van der Waals surface area contributed by atoms with Gasteiger partial charge in [0.05, 0.1) is 23.9 Å². The lowest BCUT2D eigenvalue weighted by atomic mass is 10.1. The van der Waals surface area contributed by atoms with Gasteiger partial charge in [0.25, 0.3) is 0 Å². The standard InChI is InChI=1S/C23H23ClN2O3/c1-15-5-9-23(20(24)11-15)29-14-18-12-17(7-10-22(18)28-4)6-8-21(27)19-13-25-26(3)16(19)2/h5-13H,14H2,1-4H3/b8-6+. The van der Waals surface area contributed by atoms with Crippen LogP contribution >= 0.6 is 11.6 Å². The van der Waals surface area contributed by atoms with Gasteiger partial charge in [-0.05, 0) is 55.3 Å². The zero-order valence-electron chi connectivity index (χ0n) is 16.9. The predicted octanol–water partition coefficient (Wildman–Crippen LogP) is 5.17. The number of aromatic nitrogens is 2. The van der Waals surface area contributed by atoms with E-state index in [2.05, 4.69) is 5.10 Å². The molecule has 0 unspecified atom stereocenters. The first kappa shape index (κ1) is 20.7. The lowest BCUT2D eigenvalue weighted by Crippen LogP contribution is -2.00. The van der Waals surface area contributed by atoms with E-state index in [0.29, 0.717) is 28.7 Å². The fraction of sp³-hybridized carbons (Fsp3) is 0.217. The van der Waals surface area contributed by atoms with Gasteiger partial charge in [-0.25, -0.2) is 0 Å². The number of ketones is 1. The number of hydrogen-bond acceptors (Lipinski definition) is 4. The summed E-state index contributed by atoms with van der Waals surface area (Å²) in [4.78, 5) is 12.4. The van der Waals surface area contributed by atoms with E-state index in [4.69, 9.17) is 21.1 Å². The summed E-state index contributed by atoms with van der Waals surface area (Å²) in [6.45, 7) is 4.14. The number of halogens is 1. The average Bonchev–Trinajstić information content (AvgIpc) is 3.04. The summed E-state index contributed by atoms with van der Waals surface area (Å²) in [5.74, 6) is 1.23. The van der Waals surface area contributed by atoms with Gasteiger partial charge in [-0.2, -0.15) is 5.10 Å². The zero-order valence-corrected chi connectivity index (χ0v) is 17.7. The minimum atomic E-state index is -0.0874. The van der Waals surface area contributed by atoms with Gasteiger partial charge in [0.2, 0.25) is 0 Å². The van der Waals surface area contributed by atoms with Crippen molar-refractivity contribution in [3.63, 3.8) is 0 Å². The summed E-state index contributed by atoms with van der Waals surface area (Å²) in [7, 11) is 3.42. The Balaban J connectivity index is 1.77. The molecule has 0 bridgehead atoms. The maximum absolute atomic E-state index is 12.4. The summed E-state index contributed by atoms with van der Waals surface area (Å²) in [6, 6.07) is 11.3. The molecule has 5 nitrogen and oxygen atoms in total. The molecule has 0 aliphatic carbocycles. The quantitative estimate of drug-likeness (QED) is 0.398. The molecule has 150 valence electrons. The molecule has 29 heavy (non-hydrogen) atoms. The molecule has 3 rings (SSSR count). The molecule has 2 aromatic carbocycles. The number of ether oxygens (including phenoxy) is 2. The van der Waals surface area contributed by atoms with Crippen LogP contribution in [0.15, 0.2) is 48.7 Å². The molecule has 0 aliphatic rings. The maximum Gasteiger partial charge on any atom is 0.189 e. The Morgan fingerprint density at radius 3 is 2.59 bits per heavy atom. The maximum atomic E-state index is 12.4. The number of methoxy groups -OCH3 is 1. The van der Waals surface area contributed by atoms with Gasteiger partial charge >= 0.3 is 0 Å². The molecule has 0 N–H and O–H groups in total. The normalized spacial score (nSPS) is 11.1. The Morgan fingerprint density at radius 2 is 1.93 bits per heavy atom. The van der Waals surface area contributed by atoms with E-state index in [-0.39, 0.29) is 5.78 Å². The van der Waals surface area contributed by atoms with E-state index >= 15 is 0 Å². The highest BCUT2D eigenvalue weighted by molar-refractivity contribution is 6.32. The van der Waals surface area contributed by atoms with Crippen molar-refractivity contribution < 1.29 is 14.3 Å². The van der Waals surface area contributed by atoms with Crippen molar-refractivity contribution in [1.82, 2.24) is 9.78 Å². The molecule has 3 aromatic rings. The van der Waals surface area contributed by atoms with Gasteiger partial charge in [0.15, 0.2) is 5.78 Å². The van der Waals surface area contributed by atoms with Crippen LogP contribution in [0.1, 0.15) is 32.7 Å². The Bertz CT molecular complexity index is 1070. The molecule has 0 saturated heterocycles. The highest BCUT2D eigenvalue weighted by atomic mass is 35.5. The predicted molar refractivity (Wildman–Crippen MR) is 115 cm³/mol. The first-order valence-corrected chi connectivity index (χ1v) is 9.53. The number of rotatable bonds is 7. The zero-order chi connectivity index (χ0) is 21.0. The minimum Gasteiger partial charge on any atom is -0.496 e. The van der Waals surface area contributed by atoms with Crippen LogP contribution < -0.4 is 9.47 Å². The second-order valence-corrected chi connectivity index (χ2v) is 7.17. The van der Waals surface area contributed by atoms with Gasteiger partial charge in [0, 0.05) is 18.3 Å². The third-order valence-electron chi connectivity index (χ3n) is 4.70. The molecule has 0 atom stereocenters. The number of allylic oxidation sites excluding steroid dienone is 1. The highest BCUT2D eigenvalue weighted by Crippen LogP contribution is 2.28. The molecule has 0 radical (unpaired) electrons. The lowest BCUT2D eigenvalue weighted by molar-refractivity contribution is 0.104. The molecule has 1 heterocycles. The third-order valence-corrected chi connectivity index (χ3v) is 5.00. The van der Waals surface area contributed by atoms with E-state index in [1.165, 1.54) is 0 Å². The van der Waals surface area contributed by atoms with Gasteiger partial charge < -0.3 is 9.47 Å². The summed E-state index contributed by atoms with van der Waals surface area (Å²) in [6.07, 6.45) is 4.91. The van der Waals surface area contributed by atoms with E-state index in [9.17, 15) is 4.79 Å². The SMILES string of the molecule is COc1ccc(/C=C/C(=O)c2cnn(C)c2C)cc1COc1ccc(C)cc1Cl. The van der Waals surface area contributed by atoms with Crippen molar-refractivity contribution in [2.75, 3.05) is 7.11 Å². The summed E-state index contributed by atoms with van der Waals surface area (Å²) >= 11 is 6.25.